The third-order valence-electron chi connectivity index (χ3n) is 4.22. The molecule has 26 heavy (non-hydrogen) atoms. The van der Waals surface area contributed by atoms with Crippen LogP contribution in [0.1, 0.15) is 64.5 Å². The minimum atomic E-state index is -0.249. The van der Waals surface area contributed by atoms with Gasteiger partial charge in [0, 0.05) is 17.1 Å². The topological polar surface area (TPSA) is 24.4 Å². The highest BCUT2D eigenvalue weighted by Crippen LogP contribution is 2.34. The van der Waals surface area contributed by atoms with E-state index in [0.29, 0.717) is 11.8 Å². The molecule has 0 atom stereocenters. The van der Waals surface area contributed by atoms with Crippen LogP contribution in [0.3, 0.4) is 0 Å². The van der Waals surface area contributed by atoms with Crippen molar-refractivity contribution in [2.75, 3.05) is 5.32 Å². The number of allylic oxidation sites excluding steroid dienone is 2. The van der Waals surface area contributed by atoms with Crippen LogP contribution in [0.2, 0.25) is 0 Å². The molecule has 0 amide bonds. The maximum atomic E-state index is 13.3. The van der Waals surface area contributed by atoms with Crippen molar-refractivity contribution < 1.29 is 4.39 Å². The first-order valence-corrected chi connectivity index (χ1v) is 9.17. The monoisotopic (exact) mass is 352 g/mol. The molecule has 0 aliphatic heterocycles. The fourth-order valence-electron chi connectivity index (χ4n) is 2.99. The zero-order valence-electron chi connectivity index (χ0n) is 16.6. The van der Waals surface area contributed by atoms with E-state index in [-0.39, 0.29) is 5.82 Å². The Bertz CT molecular complexity index is 790. The van der Waals surface area contributed by atoms with E-state index in [1.54, 1.807) is 6.07 Å². The minimum Gasteiger partial charge on any atom is -0.359 e. The lowest BCUT2D eigenvalue weighted by Gasteiger charge is -2.17. The standard InChI is InChI=1S/C23H29FN2/c1-15(2)21-11-8-12-22(16(3)4)23(21)26-18(6)13-17(5)25-20-10-7-9-19(24)14-20/h7-16,25H,1-6H3/b17-13+,26-18?. The van der Waals surface area contributed by atoms with Crippen LogP contribution in [0.5, 0.6) is 0 Å². The summed E-state index contributed by atoms with van der Waals surface area (Å²) in [5, 5.41) is 3.21. The van der Waals surface area contributed by atoms with E-state index in [1.807, 2.05) is 26.0 Å². The Kier molecular flexibility index (Phi) is 6.73. The molecule has 2 aromatic rings. The summed E-state index contributed by atoms with van der Waals surface area (Å²) in [6.07, 6.45) is 1.99. The Balaban J connectivity index is 2.34. The number of rotatable bonds is 6. The normalized spacial score (nSPS) is 12.8. The van der Waals surface area contributed by atoms with Crippen molar-refractivity contribution in [1.29, 1.82) is 0 Å². The molecule has 0 heterocycles. The maximum Gasteiger partial charge on any atom is 0.125 e. The van der Waals surface area contributed by atoms with Gasteiger partial charge in [0.05, 0.1) is 5.69 Å². The number of benzene rings is 2. The van der Waals surface area contributed by atoms with Gasteiger partial charge >= 0.3 is 0 Å². The number of nitrogens with zero attached hydrogens (tertiary/aromatic N) is 1. The summed E-state index contributed by atoms with van der Waals surface area (Å²) in [5.74, 6) is 0.576. The number of nitrogens with one attached hydrogen (secondary N) is 1. The maximum absolute atomic E-state index is 13.3. The first-order chi connectivity index (χ1) is 12.3. The van der Waals surface area contributed by atoms with Crippen LogP contribution in [0, 0.1) is 5.82 Å². The predicted octanol–water partition coefficient (Wildman–Crippen LogP) is 7.18. The predicted molar refractivity (Wildman–Crippen MR) is 111 cm³/mol. The van der Waals surface area contributed by atoms with Gasteiger partial charge in [0.15, 0.2) is 0 Å². The van der Waals surface area contributed by atoms with E-state index < -0.39 is 0 Å². The molecule has 0 bridgehead atoms. The molecule has 0 aliphatic carbocycles. The Morgan fingerprint density at radius 1 is 0.962 bits per heavy atom. The Labute approximate surface area is 156 Å². The molecule has 1 N–H and O–H groups in total. The first kappa shape index (κ1) is 19.9. The van der Waals surface area contributed by atoms with Gasteiger partial charge in [-0.05, 0) is 61.1 Å². The summed E-state index contributed by atoms with van der Waals surface area (Å²) < 4.78 is 13.3. The number of anilines is 1. The van der Waals surface area contributed by atoms with E-state index in [0.717, 1.165) is 22.8 Å². The number of halogens is 1. The van der Waals surface area contributed by atoms with Crippen LogP contribution in [-0.2, 0) is 0 Å². The molecule has 138 valence electrons. The smallest absolute Gasteiger partial charge is 0.125 e. The van der Waals surface area contributed by atoms with E-state index in [4.69, 9.17) is 4.99 Å². The summed E-state index contributed by atoms with van der Waals surface area (Å²) in [4.78, 5) is 4.93. The van der Waals surface area contributed by atoms with Crippen molar-refractivity contribution in [1.82, 2.24) is 0 Å². The Morgan fingerprint density at radius 3 is 2.08 bits per heavy atom. The van der Waals surface area contributed by atoms with Gasteiger partial charge in [0.25, 0.3) is 0 Å². The van der Waals surface area contributed by atoms with Crippen molar-refractivity contribution in [3.05, 3.63) is 71.2 Å². The molecule has 0 spiro atoms. The van der Waals surface area contributed by atoms with Crippen LogP contribution in [-0.4, -0.2) is 5.71 Å². The number of para-hydroxylation sites is 1. The molecule has 0 saturated carbocycles. The molecule has 0 aliphatic rings. The second kappa shape index (κ2) is 8.79. The molecule has 2 nitrogen and oxygen atoms in total. The van der Waals surface area contributed by atoms with Gasteiger partial charge in [-0.1, -0.05) is 52.0 Å². The highest BCUT2D eigenvalue weighted by atomic mass is 19.1. The Hall–Kier alpha value is -2.42. The fourth-order valence-corrected chi connectivity index (χ4v) is 2.99. The van der Waals surface area contributed by atoms with E-state index in [2.05, 4.69) is 51.2 Å². The van der Waals surface area contributed by atoms with Crippen LogP contribution in [0.4, 0.5) is 15.8 Å². The molecule has 0 fully saturated rings. The summed E-state index contributed by atoms with van der Waals surface area (Å²) in [5.41, 5.74) is 6.17. The average molecular weight is 352 g/mol. The zero-order valence-corrected chi connectivity index (χ0v) is 16.6. The van der Waals surface area contributed by atoms with Gasteiger partial charge < -0.3 is 5.32 Å². The van der Waals surface area contributed by atoms with Gasteiger partial charge in [0.2, 0.25) is 0 Å². The second-order valence-electron chi connectivity index (χ2n) is 7.31. The summed E-state index contributed by atoms with van der Waals surface area (Å²) in [7, 11) is 0. The summed E-state index contributed by atoms with van der Waals surface area (Å²) in [6.45, 7) is 12.7. The largest absolute Gasteiger partial charge is 0.359 e. The molecule has 3 heteroatoms. The van der Waals surface area contributed by atoms with Crippen molar-refractivity contribution >= 4 is 17.1 Å². The van der Waals surface area contributed by atoms with Crippen LogP contribution in [0.25, 0.3) is 0 Å². The summed E-state index contributed by atoms with van der Waals surface area (Å²) >= 11 is 0. The Morgan fingerprint density at radius 2 is 1.54 bits per heavy atom. The van der Waals surface area contributed by atoms with Crippen molar-refractivity contribution in [2.24, 2.45) is 4.99 Å². The van der Waals surface area contributed by atoms with Crippen LogP contribution >= 0.6 is 0 Å². The zero-order chi connectivity index (χ0) is 19.3. The SMILES string of the molecule is CC(/C=C(\C)Nc1cccc(F)c1)=Nc1c(C(C)C)cccc1C(C)C. The van der Waals surface area contributed by atoms with Gasteiger partial charge in [-0.2, -0.15) is 0 Å². The van der Waals surface area contributed by atoms with E-state index in [1.165, 1.54) is 23.3 Å². The average Bonchev–Trinajstić information content (AvgIpc) is 2.54. The fraction of sp³-hybridized carbons (Fsp3) is 0.348. The number of hydrogen-bond donors (Lipinski definition) is 1. The van der Waals surface area contributed by atoms with Gasteiger partial charge in [-0.3, -0.25) is 4.99 Å². The lowest BCUT2D eigenvalue weighted by atomic mass is 9.93. The van der Waals surface area contributed by atoms with Gasteiger partial charge in [-0.15, -0.1) is 0 Å². The van der Waals surface area contributed by atoms with Crippen LogP contribution < -0.4 is 5.32 Å². The minimum absolute atomic E-state index is 0.249. The number of aliphatic imine (C=N–C) groups is 1. The number of hydrogen-bond acceptors (Lipinski definition) is 2. The molecule has 0 unspecified atom stereocenters. The van der Waals surface area contributed by atoms with Crippen LogP contribution in [0.15, 0.2) is 59.2 Å². The lowest BCUT2D eigenvalue weighted by Crippen LogP contribution is -2.00. The second-order valence-corrected chi connectivity index (χ2v) is 7.31. The third-order valence-corrected chi connectivity index (χ3v) is 4.22. The molecule has 0 radical (unpaired) electrons. The molecular weight excluding hydrogens is 323 g/mol. The van der Waals surface area contributed by atoms with Crippen molar-refractivity contribution in [3.63, 3.8) is 0 Å². The van der Waals surface area contributed by atoms with Gasteiger partial charge in [0.1, 0.15) is 5.82 Å². The molecule has 2 aromatic carbocycles. The lowest BCUT2D eigenvalue weighted by molar-refractivity contribution is 0.628. The first-order valence-electron chi connectivity index (χ1n) is 9.17. The summed E-state index contributed by atoms with van der Waals surface area (Å²) in [6, 6.07) is 12.9. The van der Waals surface area contributed by atoms with Crippen molar-refractivity contribution in [2.45, 2.75) is 53.4 Å². The highest BCUT2D eigenvalue weighted by Gasteiger charge is 2.13. The van der Waals surface area contributed by atoms with Crippen molar-refractivity contribution in [3.8, 4) is 0 Å². The molecule has 0 aromatic heterocycles. The quantitative estimate of drug-likeness (QED) is 0.547. The van der Waals surface area contributed by atoms with E-state index in [9.17, 15) is 4.39 Å². The third kappa shape index (κ3) is 5.29. The van der Waals surface area contributed by atoms with Gasteiger partial charge in [-0.25, -0.2) is 4.39 Å². The highest BCUT2D eigenvalue weighted by molar-refractivity contribution is 5.96. The molecule has 2 rings (SSSR count). The molecular formula is C23H29FN2. The van der Waals surface area contributed by atoms with E-state index >= 15 is 0 Å². The molecule has 0 saturated heterocycles.